The Hall–Kier alpha value is -2.54. The summed E-state index contributed by atoms with van der Waals surface area (Å²) in [5, 5.41) is 3.75. The van der Waals surface area contributed by atoms with E-state index in [2.05, 4.69) is 54.6 Å². The molecule has 0 unspecified atom stereocenters. The zero-order valence-electron chi connectivity index (χ0n) is 11.0. The van der Waals surface area contributed by atoms with Gasteiger partial charge in [0.05, 0.1) is 0 Å². The van der Waals surface area contributed by atoms with E-state index < -0.39 is 0 Å². The van der Waals surface area contributed by atoms with Crippen molar-refractivity contribution in [2.24, 2.45) is 0 Å². The quantitative estimate of drug-likeness (QED) is 0.483. The molecule has 4 rings (SSSR count). The summed E-state index contributed by atoms with van der Waals surface area (Å²) in [4.78, 5) is 0. The molecule has 0 amide bonds. The Morgan fingerprint density at radius 3 is 2.35 bits per heavy atom. The van der Waals surface area contributed by atoms with Gasteiger partial charge in [0.2, 0.25) is 0 Å². The van der Waals surface area contributed by atoms with Crippen LogP contribution in [0.3, 0.4) is 0 Å². The largest absolute Gasteiger partial charge is 0.461 e. The molecule has 0 radical (unpaired) electrons. The van der Waals surface area contributed by atoms with Crippen LogP contribution in [0, 0.1) is 0 Å². The van der Waals surface area contributed by atoms with E-state index in [9.17, 15) is 0 Å². The summed E-state index contributed by atoms with van der Waals surface area (Å²) in [6.07, 6.45) is 0.829. The maximum Gasteiger partial charge on any atom is 0.134 e. The van der Waals surface area contributed by atoms with E-state index in [-0.39, 0.29) is 0 Å². The third-order valence-electron chi connectivity index (χ3n) is 3.72. The molecule has 1 nitrogen and oxygen atoms in total. The molecule has 0 aliphatic carbocycles. The molecule has 0 aliphatic rings. The Kier molecular flexibility index (Phi) is 2.56. The van der Waals surface area contributed by atoms with E-state index in [4.69, 9.17) is 4.42 Å². The average molecular weight is 258 g/mol. The van der Waals surface area contributed by atoms with Gasteiger partial charge in [-0.3, -0.25) is 0 Å². The third-order valence-corrected chi connectivity index (χ3v) is 3.72. The van der Waals surface area contributed by atoms with Crippen LogP contribution in [0.1, 0.15) is 11.3 Å². The van der Waals surface area contributed by atoms with Crippen molar-refractivity contribution in [3.8, 4) is 0 Å². The fourth-order valence-electron chi connectivity index (χ4n) is 2.76. The van der Waals surface area contributed by atoms with Gasteiger partial charge in [-0.1, -0.05) is 60.7 Å². The van der Waals surface area contributed by atoms with Crippen LogP contribution >= 0.6 is 0 Å². The molecule has 1 heteroatoms. The predicted octanol–water partition coefficient (Wildman–Crippen LogP) is 5.18. The van der Waals surface area contributed by atoms with Gasteiger partial charge in [0.25, 0.3) is 0 Å². The van der Waals surface area contributed by atoms with Gasteiger partial charge >= 0.3 is 0 Å². The van der Waals surface area contributed by atoms with Crippen molar-refractivity contribution in [3.63, 3.8) is 0 Å². The smallest absolute Gasteiger partial charge is 0.134 e. The SMILES string of the molecule is c1ccc2oc(Cc3cccc4ccccc34)cc2c1. The van der Waals surface area contributed by atoms with Gasteiger partial charge < -0.3 is 4.42 Å². The molecule has 4 aromatic rings. The molecule has 0 saturated heterocycles. The molecule has 0 bridgehead atoms. The molecule has 3 aromatic carbocycles. The Balaban J connectivity index is 1.80. The molecule has 1 aromatic heterocycles. The number of fused-ring (bicyclic) bond motifs is 2. The van der Waals surface area contributed by atoms with Gasteiger partial charge in [0.15, 0.2) is 0 Å². The van der Waals surface area contributed by atoms with E-state index >= 15 is 0 Å². The minimum Gasteiger partial charge on any atom is -0.461 e. The lowest BCUT2D eigenvalue weighted by molar-refractivity contribution is 0.563. The minimum atomic E-state index is 0.829. The number of rotatable bonds is 2. The van der Waals surface area contributed by atoms with Gasteiger partial charge in [0, 0.05) is 11.8 Å². The van der Waals surface area contributed by atoms with Crippen molar-refractivity contribution < 1.29 is 4.42 Å². The summed E-state index contributed by atoms with van der Waals surface area (Å²) in [5.41, 5.74) is 2.27. The van der Waals surface area contributed by atoms with Crippen LogP contribution in [0.5, 0.6) is 0 Å². The van der Waals surface area contributed by atoms with Gasteiger partial charge in [-0.05, 0) is 28.5 Å². The van der Waals surface area contributed by atoms with Gasteiger partial charge in [-0.2, -0.15) is 0 Å². The first-order valence-corrected chi connectivity index (χ1v) is 6.84. The zero-order chi connectivity index (χ0) is 13.4. The van der Waals surface area contributed by atoms with E-state index in [1.54, 1.807) is 0 Å². The van der Waals surface area contributed by atoms with Gasteiger partial charge in [0.1, 0.15) is 11.3 Å². The summed E-state index contributed by atoms with van der Waals surface area (Å²) in [6, 6.07) is 25.2. The van der Waals surface area contributed by atoms with E-state index in [1.165, 1.54) is 21.7 Å². The van der Waals surface area contributed by atoms with Gasteiger partial charge in [-0.25, -0.2) is 0 Å². The zero-order valence-corrected chi connectivity index (χ0v) is 11.0. The third kappa shape index (κ3) is 1.88. The van der Waals surface area contributed by atoms with Crippen LogP contribution in [0.15, 0.2) is 77.2 Å². The molecular weight excluding hydrogens is 244 g/mol. The highest BCUT2D eigenvalue weighted by Gasteiger charge is 2.06. The van der Waals surface area contributed by atoms with E-state index in [0.717, 1.165) is 17.8 Å². The fraction of sp³-hybridized carbons (Fsp3) is 0.0526. The monoisotopic (exact) mass is 258 g/mol. The van der Waals surface area contributed by atoms with E-state index in [1.807, 2.05) is 18.2 Å². The summed E-state index contributed by atoms with van der Waals surface area (Å²) in [7, 11) is 0. The summed E-state index contributed by atoms with van der Waals surface area (Å²) in [5.74, 6) is 1.02. The first-order chi connectivity index (χ1) is 9.90. The second-order valence-corrected chi connectivity index (χ2v) is 5.07. The van der Waals surface area contributed by atoms with Crippen LogP contribution in [0.2, 0.25) is 0 Å². The Morgan fingerprint density at radius 1 is 0.700 bits per heavy atom. The fourth-order valence-corrected chi connectivity index (χ4v) is 2.76. The summed E-state index contributed by atoms with van der Waals surface area (Å²) in [6.45, 7) is 0. The van der Waals surface area contributed by atoms with Crippen LogP contribution in [-0.4, -0.2) is 0 Å². The second kappa shape index (κ2) is 4.53. The maximum atomic E-state index is 5.92. The van der Waals surface area contributed by atoms with Crippen molar-refractivity contribution in [2.45, 2.75) is 6.42 Å². The molecule has 0 saturated carbocycles. The average Bonchev–Trinajstić information content (AvgIpc) is 2.90. The van der Waals surface area contributed by atoms with Gasteiger partial charge in [-0.15, -0.1) is 0 Å². The highest BCUT2D eigenvalue weighted by Crippen LogP contribution is 2.25. The number of hydrogen-bond donors (Lipinski definition) is 0. The highest BCUT2D eigenvalue weighted by atomic mass is 16.3. The Bertz CT molecular complexity index is 848. The van der Waals surface area contributed by atoms with Crippen molar-refractivity contribution in [3.05, 3.63) is 84.1 Å². The normalized spacial score (nSPS) is 11.2. The highest BCUT2D eigenvalue weighted by molar-refractivity contribution is 5.86. The van der Waals surface area contributed by atoms with Crippen LogP contribution < -0.4 is 0 Å². The van der Waals surface area contributed by atoms with E-state index in [0.29, 0.717) is 0 Å². The van der Waals surface area contributed by atoms with Crippen molar-refractivity contribution in [1.82, 2.24) is 0 Å². The lowest BCUT2D eigenvalue weighted by Gasteiger charge is -2.04. The van der Waals surface area contributed by atoms with Crippen molar-refractivity contribution >= 4 is 21.7 Å². The first kappa shape index (κ1) is 11.3. The van der Waals surface area contributed by atoms with Crippen LogP contribution in [0.4, 0.5) is 0 Å². The molecule has 0 aliphatic heterocycles. The molecular formula is C19H14O. The molecule has 20 heavy (non-hydrogen) atoms. The van der Waals surface area contributed by atoms with Crippen LogP contribution in [-0.2, 0) is 6.42 Å². The maximum absolute atomic E-state index is 5.92. The molecule has 0 N–H and O–H groups in total. The summed E-state index contributed by atoms with van der Waals surface area (Å²) < 4.78 is 5.92. The molecule has 0 spiro atoms. The first-order valence-electron chi connectivity index (χ1n) is 6.84. The predicted molar refractivity (Wildman–Crippen MR) is 83.0 cm³/mol. The summed E-state index contributed by atoms with van der Waals surface area (Å²) >= 11 is 0. The number of furan rings is 1. The standard InChI is InChI=1S/C19H14O/c1-3-10-18-14(6-1)8-5-9-15(18)12-17-13-16-7-2-4-11-19(16)20-17/h1-11,13H,12H2. The second-order valence-electron chi connectivity index (χ2n) is 5.07. The topological polar surface area (TPSA) is 13.1 Å². The number of benzene rings is 3. The molecule has 96 valence electrons. The number of hydrogen-bond acceptors (Lipinski definition) is 1. The van der Waals surface area contributed by atoms with Crippen LogP contribution in [0.25, 0.3) is 21.7 Å². The van der Waals surface area contributed by atoms with Crippen molar-refractivity contribution in [2.75, 3.05) is 0 Å². The minimum absolute atomic E-state index is 0.829. The van der Waals surface area contributed by atoms with Crippen molar-refractivity contribution in [1.29, 1.82) is 0 Å². The molecule has 0 atom stereocenters. The lowest BCUT2D eigenvalue weighted by Crippen LogP contribution is -1.87. The Labute approximate surface area is 117 Å². The Morgan fingerprint density at radius 2 is 1.45 bits per heavy atom. The molecule has 0 fully saturated rings. The lowest BCUT2D eigenvalue weighted by atomic mass is 10.0. The molecule has 1 heterocycles. The number of para-hydroxylation sites is 1.